The van der Waals surface area contributed by atoms with Gasteiger partial charge in [-0.25, -0.2) is 0 Å². The third-order valence-corrected chi connectivity index (χ3v) is 2.97. The molecule has 0 fully saturated rings. The lowest BCUT2D eigenvalue weighted by Gasteiger charge is -2.09. The van der Waals surface area contributed by atoms with E-state index in [4.69, 9.17) is 4.74 Å². The summed E-state index contributed by atoms with van der Waals surface area (Å²) in [5.41, 5.74) is 1.33. The van der Waals surface area contributed by atoms with Gasteiger partial charge in [0.25, 0.3) is 0 Å². The molecule has 0 aromatic heterocycles. The molecule has 0 aliphatic rings. The Bertz CT molecular complexity index is 273. The SMILES string of the molecule is CCCC(Br)Cc1cccc(OC)c1. The van der Waals surface area contributed by atoms with Gasteiger partial charge in [0.15, 0.2) is 0 Å². The topological polar surface area (TPSA) is 9.23 Å². The summed E-state index contributed by atoms with van der Waals surface area (Å²) in [7, 11) is 1.71. The number of benzene rings is 1. The van der Waals surface area contributed by atoms with Crippen molar-refractivity contribution in [3.05, 3.63) is 29.8 Å². The minimum atomic E-state index is 0.583. The van der Waals surface area contributed by atoms with Crippen molar-refractivity contribution in [3.8, 4) is 5.75 Å². The third kappa shape index (κ3) is 3.70. The summed E-state index contributed by atoms with van der Waals surface area (Å²) in [6, 6.07) is 8.27. The van der Waals surface area contributed by atoms with Crippen molar-refractivity contribution in [3.63, 3.8) is 0 Å². The number of halogens is 1. The van der Waals surface area contributed by atoms with Crippen LogP contribution < -0.4 is 4.74 Å². The van der Waals surface area contributed by atoms with E-state index < -0.39 is 0 Å². The summed E-state index contributed by atoms with van der Waals surface area (Å²) in [4.78, 5) is 0.583. The van der Waals surface area contributed by atoms with Crippen LogP contribution in [-0.2, 0) is 6.42 Å². The van der Waals surface area contributed by atoms with E-state index in [1.807, 2.05) is 12.1 Å². The lowest BCUT2D eigenvalue weighted by Crippen LogP contribution is -2.01. The second kappa shape index (κ2) is 6.07. The maximum atomic E-state index is 5.18. The number of hydrogen-bond donors (Lipinski definition) is 0. The predicted octanol–water partition coefficient (Wildman–Crippen LogP) is 3.80. The van der Waals surface area contributed by atoms with Gasteiger partial charge in [0.2, 0.25) is 0 Å². The summed E-state index contributed by atoms with van der Waals surface area (Å²) in [5, 5.41) is 0. The maximum Gasteiger partial charge on any atom is 0.119 e. The molecule has 0 saturated heterocycles. The number of hydrogen-bond acceptors (Lipinski definition) is 1. The van der Waals surface area contributed by atoms with Crippen molar-refractivity contribution in [1.29, 1.82) is 0 Å². The van der Waals surface area contributed by atoms with Gasteiger partial charge in [-0.3, -0.25) is 0 Å². The van der Waals surface area contributed by atoms with Gasteiger partial charge >= 0.3 is 0 Å². The number of rotatable bonds is 5. The van der Waals surface area contributed by atoms with Gasteiger partial charge in [-0.1, -0.05) is 41.4 Å². The van der Waals surface area contributed by atoms with Crippen molar-refractivity contribution in [2.45, 2.75) is 31.0 Å². The standard InChI is InChI=1S/C12H17BrO/c1-3-5-11(13)8-10-6-4-7-12(9-10)14-2/h4,6-7,9,11H,3,5,8H2,1-2H3. The highest BCUT2D eigenvalue weighted by atomic mass is 79.9. The molecule has 0 bridgehead atoms. The predicted molar refractivity (Wildman–Crippen MR) is 64.3 cm³/mol. The van der Waals surface area contributed by atoms with Crippen LogP contribution in [0.15, 0.2) is 24.3 Å². The Balaban J connectivity index is 2.57. The van der Waals surface area contributed by atoms with Gasteiger partial charge in [-0.2, -0.15) is 0 Å². The zero-order chi connectivity index (χ0) is 10.4. The van der Waals surface area contributed by atoms with Crippen LogP contribution in [0.1, 0.15) is 25.3 Å². The molecule has 1 aromatic rings. The molecule has 0 aliphatic heterocycles. The summed E-state index contributed by atoms with van der Waals surface area (Å²) in [5.74, 6) is 0.943. The van der Waals surface area contributed by atoms with Gasteiger partial charge in [0.1, 0.15) is 5.75 Å². The van der Waals surface area contributed by atoms with Gasteiger partial charge in [0.05, 0.1) is 7.11 Å². The molecule has 1 nitrogen and oxygen atoms in total. The summed E-state index contributed by atoms with van der Waals surface area (Å²) in [6.07, 6.45) is 3.52. The average molecular weight is 257 g/mol. The molecule has 2 heteroatoms. The fraction of sp³-hybridized carbons (Fsp3) is 0.500. The molecule has 0 N–H and O–H groups in total. The van der Waals surface area contributed by atoms with E-state index in [0.29, 0.717) is 4.83 Å². The van der Waals surface area contributed by atoms with Crippen molar-refractivity contribution in [2.24, 2.45) is 0 Å². The Morgan fingerprint density at radius 3 is 2.86 bits per heavy atom. The molecule has 0 heterocycles. The lowest BCUT2D eigenvalue weighted by molar-refractivity contribution is 0.414. The first kappa shape index (κ1) is 11.6. The van der Waals surface area contributed by atoms with E-state index in [1.54, 1.807) is 7.11 Å². The molecule has 0 radical (unpaired) electrons. The first-order chi connectivity index (χ1) is 6.76. The van der Waals surface area contributed by atoms with E-state index in [9.17, 15) is 0 Å². The fourth-order valence-corrected chi connectivity index (χ4v) is 2.30. The van der Waals surface area contributed by atoms with Gasteiger partial charge in [-0.15, -0.1) is 0 Å². The van der Waals surface area contributed by atoms with Crippen LogP contribution in [-0.4, -0.2) is 11.9 Å². The Morgan fingerprint density at radius 1 is 1.43 bits per heavy atom. The van der Waals surface area contributed by atoms with Crippen molar-refractivity contribution in [2.75, 3.05) is 7.11 Å². The van der Waals surface area contributed by atoms with Crippen LogP contribution in [0.3, 0.4) is 0 Å². The van der Waals surface area contributed by atoms with Crippen molar-refractivity contribution in [1.82, 2.24) is 0 Å². The van der Waals surface area contributed by atoms with E-state index in [1.165, 1.54) is 18.4 Å². The molecule has 1 unspecified atom stereocenters. The van der Waals surface area contributed by atoms with Crippen molar-refractivity contribution < 1.29 is 4.74 Å². The largest absolute Gasteiger partial charge is 0.497 e. The number of alkyl halides is 1. The molecule has 1 aromatic carbocycles. The van der Waals surface area contributed by atoms with Crippen LogP contribution in [0.5, 0.6) is 5.75 Å². The Morgan fingerprint density at radius 2 is 2.21 bits per heavy atom. The zero-order valence-electron chi connectivity index (χ0n) is 8.79. The van der Waals surface area contributed by atoms with Crippen LogP contribution in [0.2, 0.25) is 0 Å². The summed E-state index contributed by atoms with van der Waals surface area (Å²) in [6.45, 7) is 2.21. The minimum absolute atomic E-state index is 0.583. The second-order valence-electron chi connectivity index (χ2n) is 3.44. The molecule has 0 amide bonds. The van der Waals surface area contributed by atoms with E-state index in [0.717, 1.165) is 12.2 Å². The molecule has 0 saturated carbocycles. The molecular formula is C12H17BrO. The van der Waals surface area contributed by atoms with Gasteiger partial charge in [0, 0.05) is 4.83 Å². The number of methoxy groups -OCH3 is 1. The van der Waals surface area contributed by atoms with Crippen LogP contribution >= 0.6 is 15.9 Å². The van der Waals surface area contributed by atoms with E-state index >= 15 is 0 Å². The molecule has 78 valence electrons. The quantitative estimate of drug-likeness (QED) is 0.729. The Labute approximate surface area is 94.6 Å². The Hall–Kier alpha value is -0.500. The van der Waals surface area contributed by atoms with Crippen LogP contribution in [0.25, 0.3) is 0 Å². The first-order valence-electron chi connectivity index (χ1n) is 5.03. The van der Waals surface area contributed by atoms with Gasteiger partial charge in [-0.05, 0) is 30.5 Å². The minimum Gasteiger partial charge on any atom is -0.497 e. The molecular weight excluding hydrogens is 240 g/mol. The highest BCUT2D eigenvalue weighted by molar-refractivity contribution is 9.09. The Kier molecular flexibility index (Phi) is 5.02. The normalized spacial score (nSPS) is 12.5. The smallest absolute Gasteiger partial charge is 0.119 e. The zero-order valence-corrected chi connectivity index (χ0v) is 10.4. The molecule has 14 heavy (non-hydrogen) atoms. The second-order valence-corrected chi connectivity index (χ2v) is 4.74. The highest BCUT2D eigenvalue weighted by Gasteiger charge is 2.04. The average Bonchev–Trinajstić information content (AvgIpc) is 2.18. The molecule has 0 spiro atoms. The number of ether oxygens (including phenoxy) is 1. The van der Waals surface area contributed by atoms with E-state index in [2.05, 4.69) is 35.0 Å². The summed E-state index contributed by atoms with van der Waals surface area (Å²) < 4.78 is 5.18. The van der Waals surface area contributed by atoms with Crippen LogP contribution in [0, 0.1) is 0 Å². The fourth-order valence-electron chi connectivity index (χ4n) is 1.47. The molecule has 1 rings (SSSR count). The lowest BCUT2D eigenvalue weighted by atomic mass is 10.1. The molecule has 0 aliphatic carbocycles. The van der Waals surface area contributed by atoms with Crippen LogP contribution in [0.4, 0.5) is 0 Å². The highest BCUT2D eigenvalue weighted by Crippen LogP contribution is 2.18. The third-order valence-electron chi connectivity index (χ3n) is 2.19. The van der Waals surface area contributed by atoms with Crippen molar-refractivity contribution >= 4 is 15.9 Å². The van der Waals surface area contributed by atoms with Gasteiger partial charge < -0.3 is 4.74 Å². The molecule has 1 atom stereocenters. The summed E-state index contributed by atoms with van der Waals surface area (Å²) >= 11 is 3.68. The first-order valence-corrected chi connectivity index (χ1v) is 5.94. The maximum absolute atomic E-state index is 5.18. The monoisotopic (exact) mass is 256 g/mol. The van der Waals surface area contributed by atoms with E-state index in [-0.39, 0.29) is 0 Å².